The van der Waals surface area contributed by atoms with Crippen molar-refractivity contribution in [1.29, 1.82) is 0 Å². The minimum absolute atomic E-state index is 0.147. The number of fused-ring (bicyclic) bond motifs is 1. The standard InChI is InChI=1S/C22H22N2O4/c23-21(25)16-9-11-24(12-10-16)22(26)20-8-7-19(28-20)14-27-18-6-5-15-3-1-2-4-17(15)13-18/h1-8,13,16H,9-12,14H2,(H2,23,25). The largest absolute Gasteiger partial charge is 0.486 e. The first-order chi connectivity index (χ1) is 13.6. The quantitative estimate of drug-likeness (QED) is 0.738. The monoisotopic (exact) mass is 378 g/mol. The van der Waals surface area contributed by atoms with Gasteiger partial charge in [0.25, 0.3) is 5.91 Å². The third-order valence-corrected chi connectivity index (χ3v) is 5.16. The summed E-state index contributed by atoms with van der Waals surface area (Å²) in [5.41, 5.74) is 5.34. The fourth-order valence-electron chi connectivity index (χ4n) is 3.51. The average molecular weight is 378 g/mol. The molecule has 6 heteroatoms. The third kappa shape index (κ3) is 3.86. The molecule has 0 saturated carbocycles. The van der Waals surface area contributed by atoms with Crippen LogP contribution in [0.1, 0.15) is 29.2 Å². The van der Waals surface area contributed by atoms with Crippen molar-refractivity contribution in [3.63, 3.8) is 0 Å². The predicted molar refractivity (Wildman–Crippen MR) is 105 cm³/mol. The lowest BCUT2D eigenvalue weighted by molar-refractivity contribution is -0.123. The summed E-state index contributed by atoms with van der Waals surface area (Å²) in [6.45, 7) is 1.27. The second-order valence-electron chi connectivity index (χ2n) is 7.03. The highest BCUT2D eigenvalue weighted by molar-refractivity contribution is 5.91. The van der Waals surface area contributed by atoms with Crippen LogP contribution in [-0.2, 0) is 11.4 Å². The van der Waals surface area contributed by atoms with Crippen molar-refractivity contribution < 1.29 is 18.7 Å². The van der Waals surface area contributed by atoms with E-state index in [-0.39, 0.29) is 30.1 Å². The molecule has 144 valence electrons. The van der Waals surface area contributed by atoms with Crippen LogP contribution in [0.2, 0.25) is 0 Å². The molecular formula is C22H22N2O4. The highest BCUT2D eigenvalue weighted by Gasteiger charge is 2.27. The van der Waals surface area contributed by atoms with Crippen LogP contribution >= 0.6 is 0 Å². The van der Waals surface area contributed by atoms with E-state index in [9.17, 15) is 9.59 Å². The predicted octanol–water partition coefficient (Wildman–Crippen LogP) is 3.35. The molecule has 2 heterocycles. The Bertz CT molecular complexity index is 1000. The maximum atomic E-state index is 12.6. The molecule has 0 unspecified atom stereocenters. The van der Waals surface area contributed by atoms with E-state index in [1.165, 1.54) is 0 Å². The highest BCUT2D eigenvalue weighted by Crippen LogP contribution is 2.23. The van der Waals surface area contributed by atoms with Gasteiger partial charge in [-0.15, -0.1) is 0 Å². The molecule has 2 aromatic carbocycles. The van der Waals surface area contributed by atoms with Gasteiger partial charge in [0.15, 0.2) is 5.76 Å². The van der Waals surface area contributed by atoms with Gasteiger partial charge >= 0.3 is 0 Å². The molecule has 0 radical (unpaired) electrons. The van der Waals surface area contributed by atoms with E-state index in [1.54, 1.807) is 17.0 Å². The van der Waals surface area contributed by atoms with E-state index in [4.69, 9.17) is 14.9 Å². The molecule has 1 aromatic heterocycles. The Hall–Kier alpha value is -3.28. The molecule has 6 nitrogen and oxygen atoms in total. The van der Waals surface area contributed by atoms with Gasteiger partial charge in [-0.3, -0.25) is 9.59 Å². The van der Waals surface area contributed by atoms with Crippen LogP contribution < -0.4 is 10.5 Å². The van der Waals surface area contributed by atoms with Crippen LogP contribution in [0.25, 0.3) is 10.8 Å². The van der Waals surface area contributed by atoms with Crippen LogP contribution in [-0.4, -0.2) is 29.8 Å². The molecule has 1 aliphatic heterocycles. The summed E-state index contributed by atoms with van der Waals surface area (Å²) in [5, 5.41) is 2.26. The second-order valence-corrected chi connectivity index (χ2v) is 7.03. The van der Waals surface area contributed by atoms with Crippen LogP contribution in [0, 0.1) is 5.92 Å². The van der Waals surface area contributed by atoms with E-state index in [2.05, 4.69) is 6.07 Å². The number of piperidine rings is 1. The smallest absolute Gasteiger partial charge is 0.289 e. The molecule has 1 fully saturated rings. The number of amides is 2. The number of ether oxygens (including phenoxy) is 1. The van der Waals surface area contributed by atoms with Crippen molar-refractivity contribution in [3.05, 3.63) is 66.1 Å². The van der Waals surface area contributed by atoms with Gasteiger partial charge in [0.1, 0.15) is 18.1 Å². The summed E-state index contributed by atoms with van der Waals surface area (Å²) < 4.78 is 11.5. The Morgan fingerprint density at radius 1 is 1.04 bits per heavy atom. The number of primary amides is 1. The molecule has 0 aliphatic carbocycles. The van der Waals surface area contributed by atoms with E-state index < -0.39 is 0 Å². The molecule has 0 bridgehead atoms. The first kappa shape index (κ1) is 18.1. The summed E-state index contributed by atoms with van der Waals surface area (Å²) in [5.74, 6) is 1.01. The lowest BCUT2D eigenvalue weighted by atomic mass is 9.96. The van der Waals surface area contributed by atoms with Crippen molar-refractivity contribution in [2.45, 2.75) is 19.4 Å². The maximum Gasteiger partial charge on any atom is 0.289 e. The lowest BCUT2D eigenvalue weighted by Gasteiger charge is -2.29. The number of benzene rings is 2. The Balaban J connectivity index is 1.36. The minimum Gasteiger partial charge on any atom is -0.486 e. The number of carbonyl (C=O) groups is 2. The van der Waals surface area contributed by atoms with Crippen molar-refractivity contribution >= 4 is 22.6 Å². The van der Waals surface area contributed by atoms with Gasteiger partial charge in [-0.05, 0) is 47.9 Å². The zero-order valence-electron chi connectivity index (χ0n) is 15.5. The van der Waals surface area contributed by atoms with Crippen LogP contribution in [0.3, 0.4) is 0 Å². The molecule has 1 saturated heterocycles. The Kier molecular flexibility index (Phi) is 5.02. The molecular weight excluding hydrogens is 356 g/mol. The van der Waals surface area contributed by atoms with Gasteiger partial charge in [0.05, 0.1) is 0 Å². The number of hydrogen-bond donors (Lipinski definition) is 1. The summed E-state index contributed by atoms with van der Waals surface area (Å²) in [6.07, 6.45) is 1.19. The summed E-state index contributed by atoms with van der Waals surface area (Å²) in [4.78, 5) is 25.5. The van der Waals surface area contributed by atoms with Gasteiger partial charge in [0.2, 0.25) is 5.91 Å². The second kappa shape index (κ2) is 7.76. The van der Waals surface area contributed by atoms with E-state index in [1.807, 2.05) is 36.4 Å². The Morgan fingerprint density at radius 2 is 1.79 bits per heavy atom. The van der Waals surface area contributed by atoms with Crippen molar-refractivity contribution in [1.82, 2.24) is 4.90 Å². The number of carbonyl (C=O) groups excluding carboxylic acids is 2. The Labute approximate surface area is 162 Å². The number of nitrogens with two attached hydrogens (primary N) is 1. The molecule has 28 heavy (non-hydrogen) atoms. The molecule has 3 aromatic rings. The minimum atomic E-state index is -0.293. The number of likely N-dealkylation sites (tertiary alicyclic amines) is 1. The zero-order valence-corrected chi connectivity index (χ0v) is 15.5. The third-order valence-electron chi connectivity index (χ3n) is 5.16. The van der Waals surface area contributed by atoms with Crippen LogP contribution in [0.15, 0.2) is 59.0 Å². The van der Waals surface area contributed by atoms with Gasteiger partial charge in [-0.25, -0.2) is 0 Å². The number of nitrogens with zero attached hydrogens (tertiary/aromatic N) is 1. The van der Waals surface area contributed by atoms with Crippen molar-refractivity contribution in [3.8, 4) is 5.75 Å². The Morgan fingerprint density at radius 3 is 2.54 bits per heavy atom. The number of rotatable bonds is 5. The molecule has 4 rings (SSSR count). The van der Waals surface area contributed by atoms with Gasteiger partial charge in [0, 0.05) is 19.0 Å². The molecule has 1 aliphatic rings. The number of hydrogen-bond acceptors (Lipinski definition) is 4. The first-order valence-corrected chi connectivity index (χ1v) is 9.39. The van der Waals surface area contributed by atoms with E-state index in [0.29, 0.717) is 31.7 Å². The van der Waals surface area contributed by atoms with Crippen LogP contribution in [0.5, 0.6) is 5.75 Å². The van der Waals surface area contributed by atoms with Gasteiger partial charge < -0.3 is 19.8 Å². The molecule has 2 N–H and O–H groups in total. The van der Waals surface area contributed by atoms with Crippen molar-refractivity contribution in [2.75, 3.05) is 13.1 Å². The SMILES string of the molecule is NC(=O)C1CCN(C(=O)c2ccc(COc3ccc4ccccc4c3)o2)CC1. The fourth-order valence-corrected chi connectivity index (χ4v) is 3.51. The molecule has 2 amide bonds. The fraction of sp³-hybridized carbons (Fsp3) is 0.273. The molecule has 0 spiro atoms. The van der Waals surface area contributed by atoms with E-state index >= 15 is 0 Å². The highest BCUT2D eigenvalue weighted by atomic mass is 16.5. The number of furan rings is 1. The summed E-state index contributed by atoms with van der Waals surface area (Å²) >= 11 is 0. The van der Waals surface area contributed by atoms with Crippen LogP contribution in [0.4, 0.5) is 0 Å². The zero-order chi connectivity index (χ0) is 19.5. The van der Waals surface area contributed by atoms with Gasteiger partial charge in [-0.2, -0.15) is 0 Å². The van der Waals surface area contributed by atoms with Gasteiger partial charge in [-0.1, -0.05) is 30.3 Å². The average Bonchev–Trinajstić information content (AvgIpc) is 3.20. The summed E-state index contributed by atoms with van der Waals surface area (Å²) in [7, 11) is 0. The van der Waals surface area contributed by atoms with Crippen molar-refractivity contribution in [2.24, 2.45) is 11.7 Å². The maximum absolute atomic E-state index is 12.6. The lowest BCUT2D eigenvalue weighted by Crippen LogP contribution is -2.41. The topological polar surface area (TPSA) is 85.8 Å². The van der Waals surface area contributed by atoms with E-state index in [0.717, 1.165) is 16.5 Å². The normalized spacial score (nSPS) is 14.9. The first-order valence-electron chi connectivity index (χ1n) is 9.39. The molecule has 0 atom stereocenters. The summed E-state index contributed by atoms with van der Waals surface area (Å²) in [6, 6.07) is 17.4.